The summed E-state index contributed by atoms with van der Waals surface area (Å²) in [7, 11) is 1.98. The standard InChI is InChI=1S/C13H23N3/c1-16-11-12(10-15-16)6-5-9-14-13-7-3-2-4-8-13/h10-11,13-14H,2-9H2,1H3. The Bertz CT molecular complexity index is 300. The molecule has 0 aromatic carbocycles. The van der Waals surface area contributed by atoms with Gasteiger partial charge in [0.2, 0.25) is 0 Å². The molecular weight excluding hydrogens is 198 g/mol. The van der Waals surface area contributed by atoms with Gasteiger partial charge in [0.1, 0.15) is 0 Å². The van der Waals surface area contributed by atoms with E-state index in [2.05, 4.69) is 16.6 Å². The van der Waals surface area contributed by atoms with Gasteiger partial charge in [0.05, 0.1) is 6.20 Å². The molecule has 0 spiro atoms. The lowest BCUT2D eigenvalue weighted by atomic mass is 9.95. The van der Waals surface area contributed by atoms with E-state index in [0.717, 1.165) is 19.0 Å². The quantitative estimate of drug-likeness (QED) is 0.773. The minimum absolute atomic E-state index is 0.794. The Morgan fingerprint density at radius 3 is 2.88 bits per heavy atom. The highest BCUT2D eigenvalue weighted by Crippen LogP contribution is 2.17. The molecule has 0 saturated heterocycles. The predicted molar refractivity (Wildman–Crippen MR) is 66.4 cm³/mol. The molecule has 1 aromatic heterocycles. The normalized spacial score (nSPS) is 17.8. The molecule has 0 aliphatic heterocycles. The van der Waals surface area contributed by atoms with Gasteiger partial charge in [0.25, 0.3) is 0 Å². The minimum atomic E-state index is 0.794. The van der Waals surface area contributed by atoms with Crippen LogP contribution < -0.4 is 5.32 Å². The van der Waals surface area contributed by atoms with Crippen molar-refractivity contribution < 1.29 is 0 Å². The average Bonchev–Trinajstić information content (AvgIpc) is 2.72. The fourth-order valence-electron chi connectivity index (χ4n) is 2.51. The third kappa shape index (κ3) is 3.63. The first-order valence-electron chi connectivity index (χ1n) is 6.55. The number of rotatable bonds is 5. The topological polar surface area (TPSA) is 29.9 Å². The van der Waals surface area contributed by atoms with Crippen LogP contribution >= 0.6 is 0 Å². The van der Waals surface area contributed by atoms with Gasteiger partial charge in [0.15, 0.2) is 0 Å². The van der Waals surface area contributed by atoms with Gasteiger partial charge in [-0.15, -0.1) is 0 Å². The number of aryl methyl sites for hydroxylation is 2. The molecular formula is C13H23N3. The average molecular weight is 221 g/mol. The highest BCUT2D eigenvalue weighted by Gasteiger charge is 2.11. The number of nitrogens with zero attached hydrogens (tertiary/aromatic N) is 2. The highest BCUT2D eigenvalue weighted by molar-refractivity contribution is 5.03. The van der Waals surface area contributed by atoms with E-state index < -0.39 is 0 Å². The van der Waals surface area contributed by atoms with Crippen LogP contribution in [-0.2, 0) is 13.5 Å². The maximum atomic E-state index is 4.18. The lowest BCUT2D eigenvalue weighted by Gasteiger charge is -2.22. The van der Waals surface area contributed by atoms with Crippen molar-refractivity contribution in [1.29, 1.82) is 0 Å². The predicted octanol–water partition coefficient (Wildman–Crippen LogP) is 2.28. The third-order valence-electron chi connectivity index (χ3n) is 3.44. The number of hydrogen-bond acceptors (Lipinski definition) is 2. The van der Waals surface area contributed by atoms with Gasteiger partial charge in [-0.3, -0.25) is 4.68 Å². The Morgan fingerprint density at radius 1 is 1.38 bits per heavy atom. The van der Waals surface area contributed by atoms with Crippen molar-refractivity contribution >= 4 is 0 Å². The molecule has 1 saturated carbocycles. The Balaban J connectivity index is 1.57. The molecule has 0 atom stereocenters. The molecule has 0 amide bonds. The summed E-state index contributed by atoms with van der Waals surface area (Å²) < 4.78 is 1.88. The Hall–Kier alpha value is -0.830. The number of nitrogens with one attached hydrogen (secondary N) is 1. The molecule has 3 heteroatoms. The molecule has 16 heavy (non-hydrogen) atoms. The van der Waals surface area contributed by atoms with Crippen LogP contribution in [0.4, 0.5) is 0 Å². The second-order valence-electron chi connectivity index (χ2n) is 4.91. The van der Waals surface area contributed by atoms with Crippen LogP contribution in [0.15, 0.2) is 12.4 Å². The largest absolute Gasteiger partial charge is 0.314 e. The number of hydrogen-bond donors (Lipinski definition) is 1. The van der Waals surface area contributed by atoms with Gasteiger partial charge in [0, 0.05) is 19.3 Å². The van der Waals surface area contributed by atoms with Gasteiger partial charge in [-0.1, -0.05) is 19.3 Å². The maximum Gasteiger partial charge on any atom is 0.0521 e. The molecule has 0 bridgehead atoms. The molecule has 2 rings (SSSR count). The van der Waals surface area contributed by atoms with E-state index in [0.29, 0.717) is 0 Å². The van der Waals surface area contributed by atoms with E-state index in [9.17, 15) is 0 Å². The SMILES string of the molecule is Cn1cc(CCCNC2CCCCC2)cn1. The van der Waals surface area contributed by atoms with Crippen molar-refractivity contribution in [3.8, 4) is 0 Å². The highest BCUT2D eigenvalue weighted by atomic mass is 15.2. The molecule has 1 fully saturated rings. The Morgan fingerprint density at radius 2 is 2.19 bits per heavy atom. The lowest BCUT2D eigenvalue weighted by Crippen LogP contribution is -2.31. The van der Waals surface area contributed by atoms with Crippen molar-refractivity contribution in [2.24, 2.45) is 7.05 Å². The van der Waals surface area contributed by atoms with E-state index in [1.54, 1.807) is 0 Å². The van der Waals surface area contributed by atoms with E-state index in [1.807, 2.05) is 17.9 Å². The van der Waals surface area contributed by atoms with Crippen LogP contribution in [0.2, 0.25) is 0 Å². The molecule has 0 radical (unpaired) electrons. The summed E-state index contributed by atoms with van der Waals surface area (Å²) in [5.74, 6) is 0. The summed E-state index contributed by atoms with van der Waals surface area (Å²) in [5, 5.41) is 7.85. The molecule has 1 aliphatic rings. The van der Waals surface area contributed by atoms with Crippen LogP contribution in [0.5, 0.6) is 0 Å². The van der Waals surface area contributed by atoms with Gasteiger partial charge < -0.3 is 5.32 Å². The van der Waals surface area contributed by atoms with Crippen molar-refractivity contribution in [1.82, 2.24) is 15.1 Å². The van der Waals surface area contributed by atoms with Crippen molar-refractivity contribution in [3.05, 3.63) is 18.0 Å². The second-order valence-corrected chi connectivity index (χ2v) is 4.91. The zero-order valence-corrected chi connectivity index (χ0v) is 10.3. The molecule has 1 heterocycles. The molecule has 1 aliphatic carbocycles. The van der Waals surface area contributed by atoms with Crippen molar-refractivity contribution in [2.45, 2.75) is 51.0 Å². The first-order chi connectivity index (χ1) is 7.84. The monoisotopic (exact) mass is 221 g/mol. The van der Waals surface area contributed by atoms with Crippen LogP contribution in [0.3, 0.4) is 0 Å². The van der Waals surface area contributed by atoms with E-state index in [-0.39, 0.29) is 0 Å². The third-order valence-corrected chi connectivity index (χ3v) is 3.44. The summed E-state index contributed by atoms with van der Waals surface area (Å²) in [6, 6.07) is 0.794. The van der Waals surface area contributed by atoms with Crippen LogP contribution in [-0.4, -0.2) is 22.4 Å². The molecule has 1 N–H and O–H groups in total. The Labute approximate surface area is 98.2 Å². The first kappa shape index (κ1) is 11.6. The second kappa shape index (κ2) is 6.04. The summed E-state index contributed by atoms with van der Waals surface area (Å²) >= 11 is 0. The van der Waals surface area contributed by atoms with Gasteiger partial charge in [-0.05, 0) is 37.8 Å². The van der Waals surface area contributed by atoms with Crippen LogP contribution in [0, 0.1) is 0 Å². The van der Waals surface area contributed by atoms with Crippen molar-refractivity contribution in [2.75, 3.05) is 6.54 Å². The molecule has 3 nitrogen and oxygen atoms in total. The summed E-state index contributed by atoms with van der Waals surface area (Å²) in [4.78, 5) is 0. The summed E-state index contributed by atoms with van der Waals surface area (Å²) in [6.45, 7) is 1.15. The van der Waals surface area contributed by atoms with E-state index >= 15 is 0 Å². The summed E-state index contributed by atoms with van der Waals surface area (Å²) in [6.07, 6.45) is 13.5. The summed E-state index contributed by atoms with van der Waals surface area (Å²) in [5.41, 5.74) is 1.35. The van der Waals surface area contributed by atoms with Gasteiger partial charge in [-0.25, -0.2) is 0 Å². The smallest absolute Gasteiger partial charge is 0.0521 e. The Kier molecular flexibility index (Phi) is 4.40. The van der Waals surface area contributed by atoms with Gasteiger partial charge in [-0.2, -0.15) is 5.10 Å². The van der Waals surface area contributed by atoms with Crippen LogP contribution in [0.1, 0.15) is 44.1 Å². The van der Waals surface area contributed by atoms with Crippen LogP contribution in [0.25, 0.3) is 0 Å². The first-order valence-corrected chi connectivity index (χ1v) is 6.55. The van der Waals surface area contributed by atoms with Crippen molar-refractivity contribution in [3.63, 3.8) is 0 Å². The zero-order valence-electron chi connectivity index (χ0n) is 10.3. The fourth-order valence-corrected chi connectivity index (χ4v) is 2.51. The number of aromatic nitrogens is 2. The molecule has 1 aromatic rings. The van der Waals surface area contributed by atoms with E-state index in [1.165, 1.54) is 44.1 Å². The van der Waals surface area contributed by atoms with E-state index in [4.69, 9.17) is 0 Å². The maximum absolute atomic E-state index is 4.18. The molecule has 0 unspecified atom stereocenters. The fraction of sp³-hybridized carbons (Fsp3) is 0.769. The minimum Gasteiger partial charge on any atom is -0.314 e. The zero-order chi connectivity index (χ0) is 11.2. The lowest BCUT2D eigenvalue weighted by molar-refractivity contribution is 0.372. The van der Waals surface area contributed by atoms with Gasteiger partial charge >= 0.3 is 0 Å². The molecule has 90 valence electrons.